The minimum atomic E-state index is -2.75. The van der Waals surface area contributed by atoms with E-state index in [1.807, 2.05) is 6.92 Å². The van der Waals surface area contributed by atoms with Crippen LogP contribution in [0, 0.1) is 6.92 Å². The van der Waals surface area contributed by atoms with Crippen LogP contribution in [-0.4, -0.2) is 41.5 Å². The summed E-state index contributed by atoms with van der Waals surface area (Å²) in [5.41, 5.74) is 2.19. The van der Waals surface area contributed by atoms with Crippen LogP contribution in [0.2, 0.25) is 0 Å². The standard InChI is InChI=1S/C15H24F2N4O2/c1-10-11(9-19-21-10)4-3-7-18-15(22)20-12-5-2-6-13(8-12)23-14(16)17/h9,12-14H,2-8H2,1H3,(H,19,21)(H2,18,20,22). The van der Waals surface area contributed by atoms with E-state index in [1.54, 1.807) is 6.20 Å². The predicted molar refractivity (Wildman–Crippen MR) is 81.3 cm³/mol. The zero-order valence-corrected chi connectivity index (χ0v) is 13.3. The lowest BCUT2D eigenvalue weighted by Crippen LogP contribution is -2.45. The SMILES string of the molecule is Cc1[nH]ncc1CCCNC(=O)NC1CCCC(OC(F)F)C1. The molecule has 23 heavy (non-hydrogen) atoms. The molecule has 0 aromatic carbocycles. The molecule has 1 heterocycles. The fourth-order valence-electron chi connectivity index (χ4n) is 2.89. The van der Waals surface area contributed by atoms with Crippen LogP contribution in [0.15, 0.2) is 6.20 Å². The van der Waals surface area contributed by atoms with Crippen LogP contribution in [0.25, 0.3) is 0 Å². The summed E-state index contributed by atoms with van der Waals surface area (Å²) < 4.78 is 29.0. The highest BCUT2D eigenvalue weighted by Gasteiger charge is 2.25. The highest BCUT2D eigenvalue weighted by Crippen LogP contribution is 2.22. The van der Waals surface area contributed by atoms with Crippen molar-refractivity contribution < 1.29 is 18.3 Å². The fraction of sp³-hybridized carbons (Fsp3) is 0.733. The summed E-state index contributed by atoms with van der Waals surface area (Å²) in [6, 6.07) is -0.361. The molecule has 8 heteroatoms. The third-order valence-corrected chi connectivity index (χ3v) is 4.10. The van der Waals surface area contributed by atoms with E-state index in [4.69, 9.17) is 0 Å². The zero-order chi connectivity index (χ0) is 16.7. The van der Waals surface area contributed by atoms with E-state index in [2.05, 4.69) is 25.6 Å². The van der Waals surface area contributed by atoms with Crippen LogP contribution in [0.4, 0.5) is 13.6 Å². The van der Waals surface area contributed by atoms with Gasteiger partial charge in [-0.2, -0.15) is 13.9 Å². The van der Waals surface area contributed by atoms with Gasteiger partial charge in [0, 0.05) is 18.3 Å². The number of ether oxygens (including phenoxy) is 1. The molecule has 6 nitrogen and oxygen atoms in total. The van der Waals surface area contributed by atoms with E-state index in [9.17, 15) is 13.6 Å². The Morgan fingerprint density at radius 3 is 3.04 bits per heavy atom. The van der Waals surface area contributed by atoms with Gasteiger partial charge in [0.2, 0.25) is 0 Å². The Bertz CT molecular complexity index is 496. The molecule has 1 aromatic rings. The third-order valence-electron chi connectivity index (χ3n) is 4.10. The smallest absolute Gasteiger partial charge is 0.338 e. The van der Waals surface area contributed by atoms with Gasteiger partial charge in [-0.1, -0.05) is 0 Å². The second-order valence-electron chi connectivity index (χ2n) is 5.91. The predicted octanol–water partition coefficient (Wildman–Crippen LogP) is 2.50. The Balaban J connectivity index is 1.61. The number of hydrogen-bond acceptors (Lipinski definition) is 3. The minimum Gasteiger partial charge on any atom is -0.338 e. The van der Waals surface area contributed by atoms with Crippen LogP contribution in [0.1, 0.15) is 43.4 Å². The number of rotatable bonds is 7. The molecule has 2 amide bonds. The van der Waals surface area contributed by atoms with E-state index in [-0.39, 0.29) is 12.1 Å². The molecule has 2 atom stereocenters. The lowest BCUT2D eigenvalue weighted by atomic mass is 9.93. The number of urea groups is 1. The molecule has 2 rings (SSSR count). The number of carbonyl (C=O) groups excluding carboxylic acids is 1. The summed E-state index contributed by atoms with van der Waals surface area (Å²) in [7, 11) is 0. The van der Waals surface area contributed by atoms with Crippen LogP contribution >= 0.6 is 0 Å². The van der Waals surface area contributed by atoms with Crippen molar-refractivity contribution in [2.45, 2.75) is 64.2 Å². The summed E-state index contributed by atoms with van der Waals surface area (Å²) in [6.45, 7) is -0.234. The fourth-order valence-corrected chi connectivity index (χ4v) is 2.89. The lowest BCUT2D eigenvalue weighted by molar-refractivity contribution is -0.170. The van der Waals surface area contributed by atoms with E-state index < -0.39 is 12.7 Å². The maximum Gasteiger partial charge on any atom is 0.345 e. The minimum absolute atomic E-state index is 0.108. The number of aromatic amines is 1. The van der Waals surface area contributed by atoms with E-state index in [0.717, 1.165) is 36.9 Å². The molecular weight excluding hydrogens is 306 g/mol. The van der Waals surface area contributed by atoms with Crippen LogP contribution in [0.5, 0.6) is 0 Å². The van der Waals surface area contributed by atoms with Gasteiger partial charge in [0.25, 0.3) is 0 Å². The molecule has 0 bridgehead atoms. The average molecular weight is 330 g/mol. The molecule has 0 saturated heterocycles. The maximum absolute atomic E-state index is 12.2. The molecule has 1 saturated carbocycles. The number of aromatic nitrogens is 2. The third kappa shape index (κ3) is 6.13. The maximum atomic E-state index is 12.2. The number of H-pyrrole nitrogens is 1. The second-order valence-corrected chi connectivity index (χ2v) is 5.91. The summed E-state index contributed by atoms with van der Waals surface area (Å²) in [5.74, 6) is 0. The number of carbonyl (C=O) groups is 1. The number of amides is 2. The van der Waals surface area contributed by atoms with Crippen molar-refractivity contribution >= 4 is 6.03 Å². The highest BCUT2D eigenvalue weighted by atomic mass is 19.3. The van der Waals surface area contributed by atoms with Crippen molar-refractivity contribution in [3.63, 3.8) is 0 Å². The topological polar surface area (TPSA) is 79.0 Å². The Morgan fingerprint density at radius 1 is 1.52 bits per heavy atom. The van der Waals surface area contributed by atoms with Gasteiger partial charge in [0.05, 0.1) is 12.3 Å². The van der Waals surface area contributed by atoms with Crippen molar-refractivity contribution in [2.24, 2.45) is 0 Å². The molecule has 0 radical (unpaired) electrons. The van der Waals surface area contributed by atoms with Crippen molar-refractivity contribution in [2.75, 3.05) is 6.54 Å². The molecule has 130 valence electrons. The monoisotopic (exact) mass is 330 g/mol. The molecule has 0 aliphatic heterocycles. The lowest BCUT2D eigenvalue weighted by Gasteiger charge is -2.29. The van der Waals surface area contributed by atoms with E-state index >= 15 is 0 Å². The Labute approximate surface area is 134 Å². The summed E-state index contributed by atoms with van der Waals surface area (Å²) in [6.07, 6.45) is 5.61. The number of nitrogens with zero attached hydrogens (tertiary/aromatic N) is 1. The normalized spacial score (nSPS) is 21.4. The van der Waals surface area contributed by atoms with Crippen LogP contribution in [0.3, 0.4) is 0 Å². The summed E-state index contributed by atoms with van der Waals surface area (Å²) in [5, 5.41) is 12.5. The van der Waals surface area contributed by atoms with Crippen molar-refractivity contribution in [1.82, 2.24) is 20.8 Å². The molecule has 3 N–H and O–H groups in total. The average Bonchev–Trinajstić information content (AvgIpc) is 2.89. The van der Waals surface area contributed by atoms with Gasteiger partial charge in [-0.3, -0.25) is 5.10 Å². The number of nitrogens with one attached hydrogen (secondary N) is 3. The van der Waals surface area contributed by atoms with Gasteiger partial charge in [-0.15, -0.1) is 0 Å². The first kappa shape index (κ1) is 17.7. The molecular formula is C15H24F2N4O2. The highest BCUT2D eigenvalue weighted by molar-refractivity contribution is 5.74. The molecule has 1 aliphatic carbocycles. The van der Waals surface area contributed by atoms with Gasteiger partial charge >= 0.3 is 12.6 Å². The van der Waals surface area contributed by atoms with E-state index in [0.29, 0.717) is 19.4 Å². The molecule has 1 aromatic heterocycles. The quantitative estimate of drug-likeness (QED) is 0.672. The first-order chi connectivity index (χ1) is 11.0. The van der Waals surface area contributed by atoms with Gasteiger partial charge < -0.3 is 15.4 Å². The van der Waals surface area contributed by atoms with Crippen molar-refractivity contribution in [3.05, 3.63) is 17.5 Å². The molecule has 1 aliphatic rings. The van der Waals surface area contributed by atoms with Gasteiger partial charge in [0.1, 0.15) is 0 Å². The Hall–Kier alpha value is -1.70. The summed E-state index contributed by atoms with van der Waals surface area (Å²) in [4.78, 5) is 11.8. The molecule has 1 fully saturated rings. The van der Waals surface area contributed by atoms with Crippen molar-refractivity contribution in [1.29, 1.82) is 0 Å². The molecule has 0 spiro atoms. The Morgan fingerprint density at radius 2 is 2.35 bits per heavy atom. The zero-order valence-electron chi connectivity index (χ0n) is 13.3. The largest absolute Gasteiger partial charge is 0.345 e. The number of alkyl halides is 2. The van der Waals surface area contributed by atoms with Crippen LogP contribution in [-0.2, 0) is 11.2 Å². The van der Waals surface area contributed by atoms with Gasteiger partial charge in [0.15, 0.2) is 0 Å². The van der Waals surface area contributed by atoms with Crippen molar-refractivity contribution in [3.8, 4) is 0 Å². The first-order valence-corrected chi connectivity index (χ1v) is 8.01. The van der Waals surface area contributed by atoms with Gasteiger partial charge in [-0.25, -0.2) is 4.79 Å². The Kier molecular flexibility index (Phi) is 6.76. The second kappa shape index (κ2) is 8.81. The summed E-state index contributed by atoms with van der Waals surface area (Å²) >= 11 is 0. The first-order valence-electron chi connectivity index (χ1n) is 8.01. The number of aryl methyl sites for hydroxylation is 2. The molecule has 2 unspecified atom stereocenters. The van der Waals surface area contributed by atoms with Gasteiger partial charge in [-0.05, 0) is 51.0 Å². The van der Waals surface area contributed by atoms with Crippen LogP contribution < -0.4 is 10.6 Å². The van der Waals surface area contributed by atoms with E-state index in [1.165, 1.54) is 0 Å². The number of halogens is 2. The number of hydrogen-bond donors (Lipinski definition) is 3.